The Morgan fingerprint density at radius 1 is 0.963 bits per heavy atom. The molecule has 2 heterocycles. The number of hydrogen-bond acceptors (Lipinski definition) is 6. The molecule has 0 saturated heterocycles. The van der Waals surface area contributed by atoms with Gasteiger partial charge < -0.3 is 5.32 Å². The fourth-order valence-electron chi connectivity index (χ4n) is 2.29. The highest BCUT2D eigenvalue weighted by molar-refractivity contribution is 6.36. The molecule has 0 spiro atoms. The average Bonchev–Trinajstić information content (AvgIpc) is 2.60. The number of rotatable bonds is 5. The monoisotopic (exact) mass is 402 g/mol. The van der Waals surface area contributed by atoms with Crippen LogP contribution in [0.15, 0.2) is 48.8 Å². The molecule has 0 bridgehead atoms. The molecule has 1 aromatic carbocycles. The molecule has 0 aliphatic carbocycles. The van der Waals surface area contributed by atoms with Gasteiger partial charge in [0.05, 0.1) is 16.4 Å². The zero-order valence-corrected chi connectivity index (χ0v) is 16.7. The molecule has 2 aromatic heterocycles. The number of pyridine rings is 1. The molecule has 140 valence electrons. The number of hydrazine groups is 1. The van der Waals surface area contributed by atoms with Crippen molar-refractivity contribution in [3.05, 3.63) is 58.8 Å². The number of halogens is 2. The van der Waals surface area contributed by atoms with Crippen LogP contribution in [0.25, 0.3) is 11.3 Å². The van der Waals surface area contributed by atoms with E-state index in [1.54, 1.807) is 30.6 Å². The van der Waals surface area contributed by atoms with E-state index in [0.717, 1.165) is 11.3 Å². The second-order valence-corrected chi connectivity index (χ2v) is 7.80. The highest BCUT2D eigenvalue weighted by Crippen LogP contribution is 2.26. The van der Waals surface area contributed by atoms with Gasteiger partial charge in [-0.3, -0.25) is 15.8 Å². The first-order valence-corrected chi connectivity index (χ1v) is 9.10. The molecule has 0 saturated carbocycles. The van der Waals surface area contributed by atoms with E-state index in [1.807, 2.05) is 39.0 Å². The van der Waals surface area contributed by atoms with E-state index in [4.69, 9.17) is 23.2 Å². The van der Waals surface area contributed by atoms with E-state index in [0.29, 0.717) is 27.5 Å². The largest absolute Gasteiger partial charge is 0.350 e. The van der Waals surface area contributed by atoms with Crippen LogP contribution in [-0.2, 0) is 0 Å². The standard InChI is InChI=1S/C19H20Cl2N6/c1-19(2,3)25-18-23-16(12-5-4-8-22-11-12)10-17(24-18)27-26-15-7-6-13(20)9-14(15)21/h4-11,26H,1-3H3,(H2,23,24,25,27). The van der Waals surface area contributed by atoms with Crippen LogP contribution in [0.2, 0.25) is 10.0 Å². The molecular weight excluding hydrogens is 383 g/mol. The van der Waals surface area contributed by atoms with Gasteiger partial charge in [-0.05, 0) is 51.1 Å². The van der Waals surface area contributed by atoms with Crippen LogP contribution < -0.4 is 16.2 Å². The first kappa shape index (κ1) is 19.2. The van der Waals surface area contributed by atoms with Crippen LogP contribution in [0.5, 0.6) is 0 Å². The molecule has 0 unspecified atom stereocenters. The van der Waals surface area contributed by atoms with Crippen LogP contribution in [0.1, 0.15) is 20.8 Å². The molecular formula is C19H20Cl2N6. The van der Waals surface area contributed by atoms with E-state index in [9.17, 15) is 0 Å². The van der Waals surface area contributed by atoms with Gasteiger partial charge in [-0.1, -0.05) is 23.2 Å². The third kappa shape index (κ3) is 5.45. The van der Waals surface area contributed by atoms with E-state index >= 15 is 0 Å². The minimum Gasteiger partial charge on any atom is -0.350 e. The fraction of sp³-hybridized carbons (Fsp3) is 0.211. The quantitative estimate of drug-likeness (QED) is 0.489. The maximum absolute atomic E-state index is 6.20. The lowest BCUT2D eigenvalue weighted by Gasteiger charge is -2.21. The van der Waals surface area contributed by atoms with Gasteiger partial charge in [0.15, 0.2) is 5.82 Å². The van der Waals surface area contributed by atoms with Gasteiger partial charge in [0.25, 0.3) is 0 Å². The number of benzene rings is 1. The highest BCUT2D eigenvalue weighted by Gasteiger charge is 2.14. The normalized spacial score (nSPS) is 11.1. The molecule has 6 nitrogen and oxygen atoms in total. The molecule has 0 amide bonds. The van der Waals surface area contributed by atoms with Crippen molar-refractivity contribution in [3.63, 3.8) is 0 Å². The molecule has 0 aliphatic rings. The maximum Gasteiger partial charge on any atom is 0.225 e. The summed E-state index contributed by atoms with van der Waals surface area (Å²) in [5, 5.41) is 4.37. The van der Waals surface area contributed by atoms with E-state index in [-0.39, 0.29) is 5.54 Å². The van der Waals surface area contributed by atoms with Crippen LogP contribution in [-0.4, -0.2) is 20.5 Å². The summed E-state index contributed by atoms with van der Waals surface area (Å²) in [5.41, 5.74) is 8.26. The Kier molecular flexibility index (Phi) is 5.68. The zero-order valence-electron chi connectivity index (χ0n) is 15.2. The fourth-order valence-corrected chi connectivity index (χ4v) is 2.74. The third-order valence-electron chi connectivity index (χ3n) is 3.43. The minimum absolute atomic E-state index is 0.183. The maximum atomic E-state index is 6.20. The van der Waals surface area contributed by atoms with Crippen molar-refractivity contribution in [1.82, 2.24) is 15.0 Å². The Hall–Kier alpha value is -2.57. The van der Waals surface area contributed by atoms with Crippen LogP contribution >= 0.6 is 23.2 Å². The lowest BCUT2D eigenvalue weighted by molar-refractivity contribution is 0.626. The van der Waals surface area contributed by atoms with Gasteiger partial charge >= 0.3 is 0 Å². The summed E-state index contributed by atoms with van der Waals surface area (Å²) in [6, 6.07) is 10.9. The second-order valence-electron chi connectivity index (χ2n) is 6.95. The van der Waals surface area contributed by atoms with Crippen LogP contribution in [0.4, 0.5) is 17.5 Å². The number of aromatic nitrogens is 3. The first-order valence-electron chi connectivity index (χ1n) is 8.35. The summed E-state index contributed by atoms with van der Waals surface area (Å²) in [6.07, 6.45) is 3.48. The lowest BCUT2D eigenvalue weighted by atomic mass is 10.1. The Labute approximate surface area is 168 Å². The van der Waals surface area contributed by atoms with E-state index in [2.05, 4.69) is 31.1 Å². The van der Waals surface area contributed by atoms with Crippen molar-refractivity contribution in [2.24, 2.45) is 0 Å². The predicted octanol–water partition coefficient (Wildman–Crippen LogP) is 5.49. The number of nitrogens with one attached hydrogen (secondary N) is 3. The summed E-state index contributed by atoms with van der Waals surface area (Å²) in [5.74, 6) is 1.09. The lowest BCUT2D eigenvalue weighted by Crippen LogP contribution is -2.27. The zero-order chi connectivity index (χ0) is 19.4. The summed E-state index contributed by atoms with van der Waals surface area (Å²) in [6.45, 7) is 6.14. The molecule has 3 rings (SSSR count). The molecule has 8 heteroatoms. The van der Waals surface area contributed by atoms with Gasteiger partial charge in [0, 0.05) is 34.6 Å². The molecule has 0 radical (unpaired) electrons. The highest BCUT2D eigenvalue weighted by atomic mass is 35.5. The van der Waals surface area contributed by atoms with Gasteiger partial charge in [-0.25, -0.2) is 4.98 Å². The van der Waals surface area contributed by atoms with Crippen molar-refractivity contribution in [1.29, 1.82) is 0 Å². The van der Waals surface area contributed by atoms with Crippen molar-refractivity contribution in [2.45, 2.75) is 26.3 Å². The number of anilines is 3. The van der Waals surface area contributed by atoms with Gasteiger partial charge in [0.2, 0.25) is 5.95 Å². The molecule has 0 atom stereocenters. The Bertz CT molecular complexity index is 925. The summed E-state index contributed by atoms with van der Waals surface area (Å²) >= 11 is 12.1. The second kappa shape index (κ2) is 7.98. The van der Waals surface area contributed by atoms with E-state index < -0.39 is 0 Å². The van der Waals surface area contributed by atoms with Gasteiger partial charge in [0.1, 0.15) is 0 Å². The Morgan fingerprint density at radius 3 is 2.44 bits per heavy atom. The van der Waals surface area contributed by atoms with E-state index in [1.165, 1.54) is 0 Å². The molecule has 3 aromatic rings. The van der Waals surface area contributed by atoms with Crippen molar-refractivity contribution >= 4 is 40.7 Å². The van der Waals surface area contributed by atoms with Gasteiger partial charge in [-0.2, -0.15) is 4.98 Å². The van der Waals surface area contributed by atoms with Crippen LogP contribution in [0, 0.1) is 0 Å². The molecule has 27 heavy (non-hydrogen) atoms. The first-order chi connectivity index (χ1) is 12.8. The Balaban J connectivity index is 1.90. The average molecular weight is 403 g/mol. The van der Waals surface area contributed by atoms with Crippen molar-refractivity contribution in [3.8, 4) is 11.3 Å². The number of nitrogens with zero attached hydrogens (tertiary/aromatic N) is 3. The topological polar surface area (TPSA) is 74.8 Å². The van der Waals surface area contributed by atoms with Crippen molar-refractivity contribution in [2.75, 3.05) is 16.2 Å². The predicted molar refractivity (Wildman–Crippen MR) is 112 cm³/mol. The third-order valence-corrected chi connectivity index (χ3v) is 3.97. The summed E-state index contributed by atoms with van der Waals surface area (Å²) in [7, 11) is 0. The summed E-state index contributed by atoms with van der Waals surface area (Å²) < 4.78 is 0. The molecule has 0 aliphatic heterocycles. The van der Waals surface area contributed by atoms with Gasteiger partial charge in [-0.15, -0.1) is 0 Å². The van der Waals surface area contributed by atoms with Crippen molar-refractivity contribution < 1.29 is 0 Å². The number of hydrogen-bond donors (Lipinski definition) is 3. The molecule has 3 N–H and O–H groups in total. The molecule has 0 fully saturated rings. The smallest absolute Gasteiger partial charge is 0.225 e. The SMILES string of the molecule is CC(C)(C)Nc1nc(NNc2ccc(Cl)cc2Cl)cc(-c2cccnc2)n1. The summed E-state index contributed by atoms with van der Waals surface area (Å²) in [4.78, 5) is 13.3. The minimum atomic E-state index is -0.183. The Morgan fingerprint density at radius 2 is 1.78 bits per heavy atom. The van der Waals surface area contributed by atoms with Crippen LogP contribution in [0.3, 0.4) is 0 Å².